The van der Waals surface area contributed by atoms with Gasteiger partial charge in [0.2, 0.25) is 10.0 Å². The number of amides is 1. The summed E-state index contributed by atoms with van der Waals surface area (Å²) in [7, 11) is -3.75. The predicted octanol–water partition coefficient (Wildman–Crippen LogP) is 7.34. The van der Waals surface area contributed by atoms with Crippen molar-refractivity contribution in [1.29, 1.82) is 0 Å². The van der Waals surface area contributed by atoms with Crippen LogP contribution in [0.4, 0.5) is 0 Å². The van der Waals surface area contributed by atoms with E-state index in [9.17, 15) is 13.2 Å². The summed E-state index contributed by atoms with van der Waals surface area (Å²) in [6.45, 7) is 10.7. The maximum absolute atomic E-state index is 14.5. The Labute approximate surface area is 246 Å². The first kappa shape index (κ1) is 29.5. The fraction of sp³-hybridized carbons (Fsp3) is 0.486. The van der Waals surface area contributed by atoms with Gasteiger partial charge in [-0.15, -0.1) is 0 Å². The molecule has 3 fully saturated rings. The highest BCUT2D eigenvalue weighted by atomic mass is 32.2. The molecule has 2 aliphatic carbocycles. The van der Waals surface area contributed by atoms with Gasteiger partial charge in [0.05, 0.1) is 17.5 Å². The summed E-state index contributed by atoms with van der Waals surface area (Å²) in [6, 6.07) is 18.6. The zero-order chi connectivity index (χ0) is 29.4. The monoisotopic (exact) mass is 572 g/mol. The minimum Gasteiger partial charge on any atom is -0.271 e. The molecule has 2 saturated carbocycles. The molecule has 0 unspecified atom stereocenters. The Morgan fingerprint density at radius 3 is 2.17 bits per heavy atom. The number of hydrogen-bond acceptors (Lipinski definition) is 4. The highest BCUT2D eigenvalue weighted by Gasteiger charge is 2.72. The Hall–Kier alpha value is -2.99. The normalized spacial score (nSPS) is 26.4. The van der Waals surface area contributed by atoms with E-state index in [-0.39, 0.29) is 28.5 Å². The Morgan fingerprint density at radius 2 is 1.61 bits per heavy atom. The fourth-order valence-corrected chi connectivity index (χ4v) is 10.2. The van der Waals surface area contributed by atoms with E-state index in [1.54, 1.807) is 0 Å². The molecular weight excluding hydrogens is 528 g/mol. The van der Waals surface area contributed by atoms with Crippen LogP contribution in [0, 0.1) is 16.7 Å². The van der Waals surface area contributed by atoms with Crippen molar-refractivity contribution in [1.82, 2.24) is 4.31 Å². The topological polar surface area (TPSA) is 66.8 Å². The maximum Gasteiger partial charge on any atom is 0.261 e. The van der Waals surface area contributed by atoms with E-state index in [0.717, 1.165) is 43.2 Å². The van der Waals surface area contributed by atoms with Crippen LogP contribution in [-0.4, -0.2) is 42.2 Å². The van der Waals surface area contributed by atoms with Crippen LogP contribution in [-0.2, 0) is 14.8 Å². The number of fused-ring (bicyclic) bond motifs is 1. The first-order valence-corrected chi connectivity index (χ1v) is 16.6. The van der Waals surface area contributed by atoms with Gasteiger partial charge in [0, 0.05) is 16.5 Å². The lowest BCUT2D eigenvalue weighted by molar-refractivity contribution is -0.130. The molecule has 2 aromatic carbocycles. The van der Waals surface area contributed by atoms with Crippen LogP contribution < -0.4 is 0 Å². The van der Waals surface area contributed by atoms with Crippen molar-refractivity contribution >= 4 is 21.6 Å². The highest BCUT2D eigenvalue weighted by molar-refractivity contribution is 7.90. The average molecular weight is 573 g/mol. The Balaban J connectivity index is 1.56. The number of sulfonamides is 1. The van der Waals surface area contributed by atoms with E-state index in [2.05, 4.69) is 46.8 Å². The van der Waals surface area contributed by atoms with Crippen LogP contribution in [0.25, 0.3) is 0 Å². The lowest BCUT2D eigenvalue weighted by Gasteiger charge is -2.37. The van der Waals surface area contributed by atoms with E-state index < -0.39 is 16.1 Å². The zero-order valence-electron chi connectivity index (χ0n) is 25.1. The number of hydrogen-bond donors (Lipinski definition) is 0. The van der Waals surface area contributed by atoms with Crippen LogP contribution in [0.3, 0.4) is 0 Å². The lowest BCUT2D eigenvalue weighted by Crippen LogP contribution is -2.47. The molecular formula is C35H44N2O3S. The first-order valence-electron chi connectivity index (χ1n) is 15.0. The molecule has 0 aromatic heterocycles. The molecule has 6 heteroatoms. The molecule has 1 aliphatic heterocycles. The van der Waals surface area contributed by atoms with Crippen molar-refractivity contribution in [2.75, 3.05) is 5.75 Å². The second-order valence-corrected chi connectivity index (χ2v) is 14.9. The number of carbonyl (C=O) groups excluding carboxylic acids is 1. The van der Waals surface area contributed by atoms with E-state index in [0.29, 0.717) is 18.1 Å². The van der Waals surface area contributed by atoms with Gasteiger partial charge in [-0.3, -0.25) is 9.79 Å². The maximum atomic E-state index is 14.5. The number of carbonyl (C=O) groups is 1. The van der Waals surface area contributed by atoms with Gasteiger partial charge in [-0.05, 0) is 70.6 Å². The Morgan fingerprint density at radius 1 is 1.00 bits per heavy atom. The third kappa shape index (κ3) is 5.48. The molecule has 2 aromatic rings. The molecule has 3 aliphatic rings. The second kappa shape index (κ2) is 11.4. The molecule has 4 atom stereocenters. The molecule has 41 heavy (non-hydrogen) atoms. The van der Waals surface area contributed by atoms with E-state index in [1.165, 1.54) is 15.5 Å². The summed E-state index contributed by atoms with van der Waals surface area (Å²) in [5.74, 6) is 0.132. The third-order valence-corrected chi connectivity index (χ3v) is 12.0. The summed E-state index contributed by atoms with van der Waals surface area (Å²) in [5, 5.41) is 0. The zero-order valence-corrected chi connectivity index (χ0v) is 26.0. The first-order chi connectivity index (χ1) is 19.5. The molecule has 2 bridgehead atoms. The van der Waals surface area contributed by atoms with Crippen molar-refractivity contribution < 1.29 is 13.2 Å². The van der Waals surface area contributed by atoms with Gasteiger partial charge in [0.1, 0.15) is 6.04 Å². The molecule has 5 nitrogen and oxygen atoms in total. The van der Waals surface area contributed by atoms with Gasteiger partial charge in [-0.1, -0.05) is 97.8 Å². The molecule has 1 spiro atoms. The van der Waals surface area contributed by atoms with Crippen molar-refractivity contribution in [3.8, 4) is 0 Å². The molecule has 0 N–H and O–H groups in total. The number of allylic oxidation sites excluding steroid dienone is 3. The number of benzene rings is 2. The predicted molar refractivity (Wildman–Crippen MR) is 167 cm³/mol. The summed E-state index contributed by atoms with van der Waals surface area (Å²) in [5.41, 5.74) is 4.52. The van der Waals surface area contributed by atoms with Crippen molar-refractivity contribution in [3.63, 3.8) is 0 Å². The summed E-state index contributed by atoms with van der Waals surface area (Å²) >= 11 is 0. The van der Waals surface area contributed by atoms with Crippen LogP contribution in [0.1, 0.15) is 84.3 Å². The van der Waals surface area contributed by atoms with Crippen molar-refractivity contribution in [2.45, 2.75) is 85.2 Å². The highest BCUT2D eigenvalue weighted by Crippen LogP contribution is 2.70. The summed E-state index contributed by atoms with van der Waals surface area (Å²) < 4.78 is 28.9. The van der Waals surface area contributed by atoms with Crippen LogP contribution in [0.2, 0.25) is 0 Å². The molecule has 5 rings (SSSR count). The molecule has 1 amide bonds. The molecule has 218 valence electrons. The fourth-order valence-electron chi connectivity index (χ4n) is 7.60. The largest absolute Gasteiger partial charge is 0.271 e. The standard InChI is InChI=1S/C35H44N2O3S/c1-25(2)13-12-14-26(3)19-20-30(36-32(27-15-8-6-9-16-27)28-17-10-7-11-18-28)33(38)37-31-23-29-21-22-35(31,34(29,4)5)24-41(37,39)40/h6-11,13,15-19,29-31H,12,14,20-24H2,1-5H3/b26-19+/t29-,30-,31+,35-/m1/s1. The minimum atomic E-state index is -3.75. The van der Waals surface area contributed by atoms with Crippen molar-refractivity contribution in [3.05, 3.63) is 95.1 Å². The van der Waals surface area contributed by atoms with E-state index >= 15 is 0 Å². The van der Waals surface area contributed by atoms with Crippen LogP contribution >= 0.6 is 0 Å². The number of nitrogens with zero attached hydrogens (tertiary/aromatic N) is 2. The smallest absolute Gasteiger partial charge is 0.261 e. The third-order valence-electron chi connectivity index (χ3n) is 10.1. The van der Waals surface area contributed by atoms with Gasteiger partial charge in [0.15, 0.2) is 0 Å². The van der Waals surface area contributed by atoms with Gasteiger partial charge in [-0.2, -0.15) is 0 Å². The van der Waals surface area contributed by atoms with Gasteiger partial charge >= 0.3 is 0 Å². The van der Waals surface area contributed by atoms with Crippen LogP contribution in [0.15, 0.2) is 89.0 Å². The quantitative estimate of drug-likeness (QED) is 0.233. The SMILES string of the molecule is CC(C)=CCC/C(C)=C/C[C@@H](N=C(c1ccccc1)c1ccccc1)C(=O)N1[C@H]2C[C@H]3CC[C@]2(CS1(=O)=O)C3(C)C. The average Bonchev–Trinajstić information content (AvgIpc) is 3.42. The van der Waals surface area contributed by atoms with Crippen LogP contribution in [0.5, 0.6) is 0 Å². The summed E-state index contributed by atoms with van der Waals surface area (Å²) in [6.07, 6.45) is 9.17. The Kier molecular flexibility index (Phi) is 8.17. The van der Waals surface area contributed by atoms with Gasteiger partial charge in [-0.25, -0.2) is 12.7 Å². The Bertz CT molecular complexity index is 1430. The molecule has 0 radical (unpaired) electrons. The lowest BCUT2D eigenvalue weighted by atomic mass is 9.69. The second-order valence-electron chi connectivity index (χ2n) is 13.1. The van der Waals surface area contributed by atoms with Gasteiger partial charge < -0.3 is 0 Å². The number of aliphatic imine (C=N–C) groups is 1. The van der Waals surface area contributed by atoms with Crippen molar-refractivity contribution in [2.24, 2.45) is 21.7 Å². The molecule has 1 heterocycles. The number of rotatable bonds is 9. The summed E-state index contributed by atoms with van der Waals surface area (Å²) in [4.78, 5) is 19.6. The molecule has 1 saturated heterocycles. The minimum absolute atomic E-state index is 0.0676. The van der Waals surface area contributed by atoms with E-state index in [4.69, 9.17) is 4.99 Å². The van der Waals surface area contributed by atoms with E-state index in [1.807, 2.05) is 60.7 Å². The van der Waals surface area contributed by atoms with Gasteiger partial charge in [0.25, 0.3) is 5.91 Å².